The number of benzene rings is 1. The lowest BCUT2D eigenvalue weighted by Crippen LogP contribution is -2.40. The summed E-state index contributed by atoms with van der Waals surface area (Å²) in [6, 6.07) is 9.82. The predicted octanol–water partition coefficient (Wildman–Crippen LogP) is 3.72. The number of aromatic nitrogens is 1. The van der Waals surface area contributed by atoms with Gasteiger partial charge >= 0.3 is 5.97 Å². The van der Waals surface area contributed by atoms with Crippen molar-refractivity contribution in [2.75, 3.05) is 6.54 Å². The first-order chi connectivity index (χ1) is 10.6. The van der Waals surface area contributed by atoms with Crippen molar-refractivity contribution in [1.29, 1.82) is 0 Å². The van der Waals surface area contributed by atoms with Crippen molar-refractivity contribution in [3.8, 4) is 0 Å². The van der Waals surface area contributed by atoms with Gasteiger partial charge in [-0.05, 0) is 43.7 Å². The lowest BCUT2D eigenvalue weighted by molar-refractivity contribution is -0.138. The Balaban J connectivity index is 1.78. The molecule has 5 heteroatoms. The first-order valence-electron chi connectivity index (χ1n) is 7.63. The lowest BCUT2D eigenvalue weighted by Gasteiger charge is -2.34. The zero-order valence-corrected chi connectivity index (χ0v) is 13.1. The van der Waals surface area contributed by atoms with Gasteiger partial charge in [0.2, 0.25) is 0 Å². The number of hydrogen-bond acceptors (Lipinski definition) is 3. The van der Waals surface area contributed by atoms with Gasteiger partial charge in [-0.3, -0.25) is 14.7 Å². The van der Waals surface area contributed by atoms with E-state index in [-0.39, 0.29) is 12.5 Å². The molecule has 1 atom stereocenters. The van der Waals surface area contributed by atoms with E-state index in [2.05, 4.69) is 9.88 Å². The van der Waals surface area contributed by atoms with E-state index in [9.17, 15) is 4.79 Å². The van der Waals surface area contributed by atoms with E-state index in [1.807, 2.05) is 30.3 Å². The van der Waals surface area contributed by atoms with Crippen molar-refractivity contribution in [3.63, 3.8) is 0 Å². The number of hydrogen-bond donors (Lipinski definition) is 1. The van der Waals surface area contributed by atoms with Gasteiger partial charge in [-0.2, -0.15) is 0 Å². The summed E-state index contributed by atoms with van der Waals surface area (Å²) >= 11 is 5.99. The molecule has 2 aromatic rings. The molecule has 0 spiro atoms. The number of carboxylic acid groups (broad SMARTS) is 1. The quantitative estimate of drug-likeness (QED) is 0.933. The maximum absolute atomic E-state index is 11.0. The van der Waals surface area contributed by atoms with Gasteiger partial charge < -0.3 is 5.11 Å². The van der Waals surface area contributed by atoms with Gasteiger partial charge in [0.1, 0.15) is 0 Å². The second-order valence-electron chi connectivity index (χ2n) is 5.86. The summed E-state index contributed by atoms with van der Waals surface area (Å²) in [5.41, 5.74) is 1.90. The summed E-state index contributed by atoms with van der Waals surface area (Å²) in [7, 11) is 0. The molecule has 0 unspecified atom stereocenters. The minimum absolute atomic E-state index is 0.119. The molecule has 1 aromatic heterocycles. The molecule has 2 heterocycles. The van der Waals surface area contributed by atoms with E-state index in [0.29, 0.717) is 11.6 Å². The van der Waals surface area contributed by atoms with Crippen molar-refractivity contribution in [1.82, 2.24) is 9.88 Å². The molecule has 3 rings (SSSR count). The molecular formula is C17H19ClN2O2. The van der Waals surface area contributed by atoms with E-state index in [4.69, 9.17) is 16.7 Å². The third-order valence-corrected chi connectivity index (χ3v) is 4.47. The maximum atomic E-state index is 11.0. The predicted molar refractivity (Wildman–Crippen MR) is 87.1 cm³/mol. The van der Waals surface area contributed by atoms with Crippen LogP contribution in [0.1, 0.15) is 31.4 Å². The molecule has 116 valence electrons. The topological polar surface area (TPSA) is 53.4 Å². The summed E-state index contributed by atoms with van der Waals surface area (Å²) in [6.07, 6.45) is 3.40. The molecule has 1 aliphatic heterocycles. The van der Waals surface area contributed by atoms with Gasteiger partial charge in [-0.25, -0.2) is 0 Å². The number of nitrogens with zero attached hydrogens (tertiary/aromatic N) is 2. The van der Waals surface area contributed by atoms with Crippen LogP contribution in [-0.4, -0.2) is 33.5 Å². The fourth-order valence-corrected chi connectivity index (χ4v) is 3.32. The van der Waals surface area contributed by atoms with Gasteiger partial charge in [0.15, 0.2) is 0 Å². The fourth-order valence-electron chi connectivity index (χ4n) is 3.14. The Morgan fingerprint density at radius 1 is 1.32 bits per heavy atom. The number of aliphatic carboxylic acids is 1. The molecular weight excluding hydrogens is 300 g/mol. The molecule has 1 saturated heterocycles. The largest absolute Gasteiger partial charge is 0.481 e. The van der Waals surface area contributed by atoms with Crippen molar-refractivity contribution < 1.29 is 9.90 Å². The van der Waals surface area contributed by atoms with Crippen molar-refractivity contribution >= 4 is 28.5 Å². The Bertz CT molecular complexity index is 689. The lowest BCUT2D eigenvalue weighted by atomic mass is 9.99. The van der Waals surface area contributed by atoms with E-state index in [0.717, 1.165) is 42.4 Å². The van der Waals surface area contributed by atoms with Gasteiger partial charge in [0.25, 0.3) is 0 Å². The standard InChI is InChI=1S/C17H19ClN2O2/c18-13-5-7-16-12(9-13)4-6-14(19-16)11-20-8-2-1-3-15(20)10-17(21)22/h4-7,9,15H,1-3,8,10-11H2,(H,21,22)/t15-/m1/s1. The van der Waals surface area contributed by atoms with Crippen LogP contribution in [0.3, 0.4) is 0 Å². The molecule has 0 saturated carbocycles. The minimum Gasteiger partial charge on any atom is -0.481 e. The van der Waals surface area contributed by atoms with Crippen LogP contribution < -0.4 is 0 Å². The number of likely N-dealkylation sites (tertiary alicyclic amines) is 1. The number of pyridine rings is 1. The monoisotopic (exact) mass is 318 g/mol. The van der Waals surface area contributed by atoms with Crippen LogP contribution in [0.25, 0.3) is 10.9 Å². The van der Waals surface area contributed by atoms with E-state index >= 15 is 0 Å². The van der Waals surface area contributed by atoms with Gasteiger partial charge in [-0.1, -0.05) is 24.1 Å². The molecule has 0 radical (unpaired) electrons. The summed E-state index contributed by atoms with van der Waals surface area (Å²) in [5, 5.41) is 10.8. The van der Waals surface area contributed by atoms with Crippen molar-refractivity contribution in [2.45, 2.75) is 38.3 Å². The normalized spacial score (nSPS) is 19.4. The summed E-state index contributed by atoms with van der Waals surface area (Å²) in [5.74, 6) is -0.724. The number of carbonyl (C=O) groups is 1. The number of fused-ring (bicyclic) bond motifs is 1. The molecule has 1 fully saturated rings. The zero-order valence-electron chi connectivity index (χ0n) is 12.3. The van der Waals surface area contributed by atoms with Crippen LogP contribution in [0, 0.1) is 0 Å². The van der Waals surface area contributed by atoms with Crippen LogP contribution >= 0.6 is 11.6 Å². The SMILES string of the molecule is O=C(O)C[C@H]1CCCCN1Cc1ccc2cc(Cl)ccc2n1. The van der Waals surface area contributed by atoms with Gasteiger partial charge in [0, 0.05) is 23.0 Å². The highest BCUT2D eigenvalue weighted by molar-refractivity contribution is 6.31. The summed E-state index contributed by atoms with van der Waals surface area (Å²) in [4.78, 5) is 17.9. The molecule has 22 heavy (non-hydrogen) atoms. The average molecular weight is 319 g/mol. The fraction of sp³-hybridized carbons (Fsp3) is 0.412. The van der Waals surface area contributed by atoms with E-state index < -0.39 is 5.97 Å². The number of piperidine rings is 1. The number of carboxylic acids is 1. The average Bonchev–Trinajstić information content (AvgIpc) is 2.49. The van der Waals surface area contributed by atoms with E-state index in [1.165, 1.54) is 0 Å². The van der Waals surface area contributed by atoms with Gasteiger partial charge in [-0.15, -0.1) is 0 Å². The summed E-state index contributed by atoms with van der Waals surface area (Å²) < 4.78 is 0. The Morgan fingerprint density at radius 3 is 3.00 bits per heavy atom. The highest BCUT2D eigenvalue weighted by atomic mass is 35.5. The molecule has 1 aliphatic rings. The Kier molecular flexibility index (Phi) is 4.60. The zero-order chi connectivity index (χ0) is 15.5. The van der Waals surface area contributed by atoms with Crippen LogP contribution in [0.2, 0.25) is 5.02 Å². The highest BCUT2D eigenvalue weighted by Gasteiger charge is 2.24. The van der Waals surface area contributed by atoms with E-state index in [1.54, 1.807) is 0 Å². The van der Waals surface area contributed by atoms with Gasteiger partial charge in [0.05, 0.1) is 17.6 Å². The highest BCUT2D eigenvalue weighted by Crippen LogP contribution is 2.23. The second kappa shape index (κ2) is 6.63. The first-order valence-corrected chi connectivity index (χ1v) is 8.00. The van der Waals surface area contributed by atoms with Crippen LogP contribution in [0.5, 0.6) is 0 Å². The molecule has 0 aliphatic carbocycles. The van der Waals surface area contributed by atoms with Crippen molar-refractivity contribution in [2.24, 2.45) is 0 Å². The van der Waals surface area contributed by atoms with Crippen molar-refractivity contribution in [3.05, 3.63) is 41.0 Å². The van der Waals surface area contributed by atoms with Crippen LogP contribution in [-0.2, 0) is 11.3 Å². The molecule has 0 bridgehead atoms. The Labute approximate surface area is 134 Å². The molecule has 4 nitrogen and oxygen atoms in total. The smallest absolute Gasteiger partial charge is 0.304 e. The summed E-state index contributed by atoms with van der Waals surface area (Å²) in [6.45, 7) is 1.65. The maximum Gasteiger partial charge on any atom is 0.304 e. The molecule has 0 amide bonds. The molecule has 1 aromatic carbocycles. The number of rotatable bonds is 4. The minimum atomic E-state index is -0.724. The Hall–Kier alpha value is -1.65. The first kappa shape index (κ1) is 15.3. The number of halogens is 1. The van der Waals surface area contributed by atoms with Crippen LogP contribution in [0.15, 0.2) is 30.3 Å². The van der Waals surface area contributed by atoms with Crippen LogP contribution in [0.4, 0.5) is 0 Å². The third kappa shape index (κ3) is 3.57. The third-order valence-electron chi connectivity index (χ3n) is 4.23. The Morgan fingerprint density at radius 2 is 2.18 bits per heavy atom. The second-order valence-corrected chi connectivity index (χ2v) is 6.29. The molecule has 1 N–H and O–H groups in total.